The molecule has 36 heavy (non-hydrogen) atoms. The van der Waals surface area contributed by atoms with E-state index in [0.29, 0.717) is 51.5 Å². The topological polar surface area (TPSA) is 68.2 Å². The second-order valence-electron chi connectivity index (χ2n) is 9.17. The maximum Gasteiger partial charge on any atom is 0.416 e. The van der Waals surface area contributed by atoms with Crippen LogP contribution in [0.3, 0.4) is 0 Å². The number of aliphatic imine (C=N–C) groups is 1. The summed E-state index contributed by atoms with van der Waals surface area (Å²) in [6.07, 6.45) is -1.22. The van der Waals surface area contributed by atoms with Crippen LogP contribution >= 0.6 is 11.8 Å². The molecule has 0 unspecified atom stereocenters. The van der Waals surface area contributed by atoms with E-state index in [4.69, 9.17) is 5.11 Å². The number of likely N-dealkylation sites (N-methyl/N-ethyl adjacent to an activating group) is 1. The number of halogens is 5. The van der Waals surface area contributed by atoms with Crippen molar-refractivity contribution in [2.75, 3.05) is 46.4 Å². The molecule has 0 saturated carbocycles. The second-order valence-corrected chi connectivity index (χ2v) is 10.2. The van der Waals surface area contributed by atoms with Crippen molar-refractivity contribution >= 4 is 22.8 Å². The summed E-state index contributed by atoms with van der Waals surface area (Å²) in [6.45, 7) is 3.65. The fourth-order valence-electron chi connectivity index (χ4n) is 4.21. The maximum absolute atomic E-state index is 14.1. The van der Waals surface area contributed by atoms with Gasteiger partial charge in [-0.2, -0.15) is 13.2 Å². The lowest BCUT2D eigenvalue weighted by Crippen LogP contribution is -2.33. The highest BCUT2D eigenvalue weighted by molar-refractivity contribution is 8.18. The first-order valence-electron chi connectivity index (χ1n) is 11.7. The number of allylic oxidation sites excluding steroid dienone is 1. The SMILES string of the molecule is CN(CCO)CCN=C1NC(=O)S/C1=C\C1CCN(Cc2ccc(C(F)(F)F)cc2C(C)(F)F)CC1. The van der Waals surface area contributed by atoms with Crippen LogP contribution in [0.4, 0.5) is 26.7 Å². The van der Waals surface area contributed by atoms with Gasteiger partial charge >= 0.3 is 6.18 Å². The maximum atomic E-state index is 14.1. The molecule has 6 nitrogen and oxygen atoms in total. The van der Waals surface area contributed by atoms with E-state index in [1.165, 1.54) is 0 Å². The molecule has 1 aromatic carbocycles. The number of aliphatic hydroxyl groups excluding tert-OH is 1. The van der Waals surface area contributed by atoms with Crippen LogP contribution in [0.2, 0.25) is 0 Å². The van der Waals surface area contributed by atoms with E-state index in [-0.39, 0.29) is 29.9 Å². The Kier molecular flexibility index (Phi) is 9.53. The zero-order valence-electron chi connectivity index (χ0n) is 20.2. The molecule has 0 radical (unpaired) electrons. The summed E-state index contributed by atoms with van der Waals surface area (Å²) < 4.78 is 67.3. The lowest BCUT2D eigenvalue weighted by molar-refractivity contribution is -0.137. The third kappa shape index (κ3) is 7.99. The summed E-state index contributed by atoms with van der Waals surface area (Å²) in [7, 11) is 1.87. The molecule has 2 aliphatic heterocycles. The van der Waals surface area contributed by atoms with Crippen LogP contribution in [-0.2, 0) is 18.6 Å². The lowest BCUT2D eigenvalue weighted by atomic mass is 9.94. The van der Waals surface area contributed by atoms with E-state index in [2.05, 4.69) is 10.3 Å². The summed E-state index contributed by atoms with van der Waals surface area (Å²) >= 11 is 1.09. The van der Waals surface area contributed by atoms with Gasteiger partial charge in [-0.1, -0.05) is 12.1 Å². The molecule has 3 rings (SSSR count). The number of thioether (sulfide) groups is 1. The third-order valence-corrected chi connectivity index (χ3v) is 7.05. The molecule has 2 fully saturated rings. The molecule has 0 atom stereocenters. The quantitative estimate of drug-likeness (QED) is 0.450. The zero-order chi connectivity index (χ0) is 26.5. The Morgan fingerprint density at radius 2 is 1.92 bits per heavy atom. The number of alkyl halides is 5. The van der Waals surface area contributed by atoms with Crippen LogP contribution in [0.1, 0.15) is 36.5 Å². The second kappa shape index (κ2) is 12.0. The van der Waals surface area contributed by atoms with Crippen molar-refractivity contribution in [3.8, 4) is 0 Å². The molecular weight excluding hydrogens is 503 g/mol. The first-order valence-corrected chi connectivity index (χ1v) is 12.5. The van der Waals surface area contributed by atoms with Crippen molar-refractivity contribution in [2.24, 2.45) is 10.9 Å². The predicted molar refractivity (Wildman–Crippen MR) is 130 cm³/mol. The number of benzene rings is 1. The van der Waals surface area contributed by atoms with Crippen LogP contribution in [0.25, 0.3) is 0 Å². The number of likely N-dealkylation sites (tertiary alicyclic amines) is 1. The molecule has 0 bridgehead atoms. The number of nitrogens with one attached hydrogen (secondary N) is 1. The standard InChI is InChI=1S/C24H31F5N4O2S/c1-23(25,26)19-14-18(24(27,28)29)4-3-17(19)15-33-8-5-16(6-9-33)13-20-21(31-22(35)36-20)30-7-10-32(2)11-12-34/h3-4,13-14,16,34H,5-12,15H2,1-2H3,(H,30,31,35)/b20-13-. The van der Waals surface area contributed by atoms with Crippen LogP contribution in [0.15, 0.2) is 34.2 Å². The summed E-state index contributed by atoms with van der Waals surface area (Å²) in [4.78, 5) is 21.0. The van der Waals surface area contributed by atoms with Gasteiger partial charge in [0.15, 0.2) is 0 Å². The molecule has 2 heterocycles. The normalized spacial score (nSPS) is 20.6. The number of carbonyl (C=O) groups is 1. The van der Waals surface area contributed by atoms with Crippen LogP contribution in [0, 0.1) is 5.92 Å². The van der Waals surface area contributed by atoms with E-state index in [1.54, 1.807) is 0 Å². The number of hydrogen-bond acceptors (Lipinski definition) is 6. The van der Waals surface area contributed by atoms with Crippen molar-refractivity contribution < 1.29 is 31.9 Å². The van der Waals surface area contributed by atoms with E-state index in [0.717, 1.165) is 41.6 Å². The average Bonchev–Trinajstić information content (AvgIpc) is 3.12. The Bertz CT molecular complexity index is 986. The number of piperidine rings is 1. The van der Waals surface area contributed by atoms with E-state index in [1.807, 2.05) is 22.9 Å². The molecule has 2 N–H and O–H groups in total. The summed E-state index contributed by atoms with van der Waals surface area (Å²) in [5.41, 5.74) is -1.49. The minimum atomic E-state index is -4.68. The van der Waals surface area contributed by atoms with Gasteiger partial charge in [0.05, 0.1) is 23.6 Å². The van der Waals surface area contributed by atoms with Crippen molar-refractivity contribution in [2.45, 2.75) is 38.4 Å². The van der Waals surface area contributed by atoms with Gasteiger partial charge in [-0.25, -0.2) is 8.78 Å². The van der Waals surface area contributed by atoms with E-state index in [9.17, 15) is 26.7 Å². The first kappa shape index (κ1) is 28.5. The minimum absolute atomic E-state index is 0.0601. The van der Waals surface area contributed by atoms with Gasteiger partial charge in [0.25, 0.3) is 11.2 Å². The van der Waals surface area contributed by atoms with Crippen molar-refractivity contribution in [3.05, 3.63) is 45.9 Å². The van der Waals surface area contributed by atoms with Gasteiger partial charge in [0.1, 0.15) is 5.84 Å². The Morgan fingerprint density at radius 3 is 2.53 bits per heavy atom. The van der Waals surface area contributed by atoms with Gasteiger partial charge in [0, 0.05) is 32.1 Å². The van der Waals surface area contributed by atoms with Crippen LogP contribution in [-0.4, -0.2) is 72.4 Å². The van der Waals surface area contributed by atoms with Gasteiger partial charge in [-0.15, -0.1) is 0 Å². The highest BCUT2D eigenvalue weighted by Gasteiger charge is 2.35. The van der Waals surface area contributed by atoms with E-state index >= 15 is 0 Å². The summed E-state index contributed by atoms with van der Waals surface area (Å²) in [5, 5.41) is 11.5. The predicted octanol–water partition coefficient (Wildman–Crippen LogP) is 4.69. The van der Waals surface area contributed by atoms with Crippen molar-refractivity contribution in [1.82, 2.24) is 15.1 Å². The number of nitrogens with zero attached hydrogens (tertiary/aromatic N) is 3. The Morgan fingerprint density at radius 1 is 1.22 bits per heavy atom. The average molecular weight is 535 g/mol. The monoisotopic (exact) mass is 534 g/mol. The minimum Gasteiger partial charge on any atom is -0.395 e. The number of carbonyl (C=O) groups excluding carboxylic acids is 1. The molecule has 200 valence electrons. The number of aliphatic hydroxyl groups is 1. The fourth-order valence-corrected chi connectivity index (χ4v) is 5.03. The fraction of sp³-hybridized carbons (Fsp3) is 0.583. The first-order chi connectivity index (χ1) is 16.9. The van der Waals surface area contributed by atoms with Crippen molar-refractivity contribution in [3.63, 3.8) is 0 Å². The van der Waals surface area contributed by atoms with Crippen molar-refractivity contribution in [1.29, 1.82) is 0 Å². The Balaban J connectivity index is 1.62. The van der Waals surface area contributed by atoms with Gasteiger partial charge in [-0.05, 0) is 68.4 Å². The Hall–Kier alpha value is -2.02. The molecule has 1 aromatic rings. The molecule has 1 amide bonds. The lowest BCUT2D eigenvalue weighted by Gasteiger charge is -2.32. The molecule has 12 heteroatoms. The van der Waals surface area contributed by atoms with Gasteiger partial charge < -0.3 is 15.3 Å². The molecule has 2 saturated heterocycles. The summed E-state index contributed by atoms with van der Waals surface area (Å²) in [5.74, 6) is -2.69. The smallest absolute Gasteiger partial charge is 0.395 e. The number of amides is 1. The number of hydrogen-bond donors (Lipinski definition) is 2. The highest BCUT2D eigenvalue weighted by Crippen LogP contribution is 2.37. The highest BCUT2D eigenvalue weighted by atomic mass is 32.2. The third-order valence-electron chi connectivity index (χ3n) is 6.21. The zero-order valence-corrected chi connectivity index (χ0v) is 21.1. The number of rotatable bonds is 9. The van der Waals surface area contributed by atoms with Gasteiger partial charge in [-0.3, -0.25) is 14.7 Å². The van der Waals surface area contributed by atoms with Crippen LogP contribution in [0.5, 0.6) is 0 Å². The largest absolute Gasteiger partial charge is 0.416 e. The molecule has 0 aliphatic carbocycles. The number of amidine groups is 1. The summed E-state index contributed by atoms with van der Waals surface area (Å²) in [6, 6.07) is 2.55. The van der Waals surface area contributed by atoms with Crippen LogP contribution < -0.4 is 5.32 Å². The Labute approximate surface area is 211 Å². The molecule has 0 aromatic heterocycles. The van der Waals surface area contributed by atoms with Gasteiger partial charge in [0.2, 0.25) is 0 Å². The van der Waals surface area contributed by atoms with E-state index < -0.39 is 23.2 Å². The molecule has 0 spiro atoms. The molecular formula is C24H31F5N4O2S. The molecule has 2 aliphatic rings.